The van der Waals surface area contributed by atoms with Crippen LogP contribution in [0.15, 0.2) is 12.2 Å². The van der Waals surface area contributed by atoms with Crippen molar-refractivity contribution in [3.05, 3.63) is 12.2 Å². The summed E-state index contributed by atoms with van der Waals surface area (Å²) in [5.74, 6) is 0. The van der Waals surface area contributed by atoms with Gasteiger partial charge < -0.3 is 47.4 Å². The summed E-state index contributed by atoms with van der Waals surface area (Å²) in [6.07, 6.45) is 3.92. The summed E-state index contributed by atoms with van der Waals surface area (Å²) in [7, 11) is 1.65. The second kappa shape index (κ2) is 31.3. The van der Waals surface area contributed by atoms with E-state index in [1.165, 1.54) is 0 Å². The molecule has 0 heterocycles. The minimum atomic E-state index is 0.530. The van der Waals surface area contributed by atoms with E-state index in [-0.39, 0.29) is 0 Å². The Balaban J connectivity index is 3.00. The molecule has 0 N–H and O–H groups in total. The summed E-state index contributed by atoms with van der Waals surface area (Å²) in [6.45, 7) is 12.5. The van der Waals surface area contributed by atoms with Crippen LogP contribution >= 0.6 is 0 Å². The number of allylic oxidation sites excluding steroid dienone is 1. The van der Waals surface area contributed by atoms with Crippen molar-refractivity contribution in [1.82, 2.24) is 0 Å². The molecule has 0 aromatic carbocycles. The van der Waals surface area contributed by atoms with Crippen LogP contribution in [0.5, 0.6) is 0 Å². The van der Waals surface area contributed by atoms with Gasteiger partial charge >= 0.3 is 0 Å². The van der Waals surface area contributed by atoms with Crippen molar-refractivity contribution in [2.75, 3.05) is 133 Å². The zero-order chi connectivity index (χ0) is 23.9. The van der Waals surface area contributed by atoms with Gasteiger partial charge in [0.15, 0.2) is 0 Å². The first-order chi connectivity index (χ1) is 16.4. The van der Waals surface area contributed by atoms with Gasteiger partial charge in [0.1, 0.15) is 0 Å². The molecule has 0 spiro atoms. The van der Waals surface area contributed by atoms with Crippen LogP contribution in [0.3, 0.4) is 0 Å². The van der Waals surface area contributed by atoms with Crippen LogP contribution in [-0.2, 0) is 47.4 Å². The molecule has 0 rings (SSSR count). The third-order valence-corrected chi connectivity index (χ3v) is 3.86. The molecule has 10 heteroatoms. The number of ether oxygens (including phenoxy) is 10. The first-order valence-electron chi connectivity index (χ1n) is 11.7. The molecule has 0 saturated heterocycles. The van der Waals surface area contributed by atoms with Crippen molar-refractivity contribution in [2.45, 2.75) is 6.92 Å². The highest BCUT2D eigenvalue weighted by molar-refractivity contribution is 4.75. The fourth-order valence-corrected chi connectivity index (χ4v) is 2.15. The predicted octanol–water partition coefficient (Wildman–Crippen LogP) is 1.36. The Hall–Kier alpha value is -0.660. The van der Waals surface area contributed by atoms with Gasteiger partial charge in [0.25, 0.3) is 0 Å². The lowest BCUT2D eigenvalue weighted by atomic mass is 10.5. The molecular formula is C23H46O10. The van der Waals surface area contributed by atoms with Crippen molar-refractivity contribution in [3.8, 4) is 0 Å². The molecule has 198 valence electrons. The van der Waals surface area contributed by atoms with Gasteiger partial charge in [-0.1, -0.05) is 12.2 Å². The number of rotatable bonds is 29. The van der Waals surface area contributed by atoms with Crippen LogP contribution in [0.4, 0.5) is 0 Å². The smallest absolute Gasteiger partial charge is 0.0704 e. The summed E-state index contributed by atoms with van der Waals surface area (Å²) in [6, 6.07) is 0. The van der Waals surface area contributed by atoms with Gasteiger partial charge in [-0.15, -0.1) is 0 Å². The maximum atomic E-state index is 5.44. The number of methoxy groups -OCH3 is 1. The van der Waals surface area contributed by atoms with Gasteiger partial charge in [0.05, 0.1) is 126 Å². The molecule has 0 saturated carbocycles. The SMILES string of the molecule is CC=CCOCCOCCOCCOCCOCCOCCOCCOCCOCCOC. The molecule has 0 aliphatic carbocycles. The number of hydrogen-bond donors (Lipinski definition) is 0. The summed E-state index contributed by atoms with van der Waals surface area (Å²) in [4.78, 5) is 0. The van der Waals surface area contributed by atoms with E-state index >= 15 is 0 Å². The van der Waals surface area contributed by atoms with E-state index in [9.17, 15) is 0 Å². The predicted molar refractivity (Wildman–Crippen MR) is 124 cm³/mol. The molecule has 0 aliphatic rings. The first-order valence-corrected chi connectivity index (χ1v) is 11.7. The molecule has 0 fully saturated rings. The largest absolute Gasteiger partial charge is 0.382 e. The lowest BCUT2D eigenvalue weighted by molar-refractivity contribution is -0.0255. The summed E-state index contributed by atoms with van der Waals surface area (Å²) in [5.41, 5.74) is 0. The zero-order valence-electron chi connectivity index (χ0n) is 20.7. The van der Waals surface area contributed by atoms with E-state index in [4.69, 9.17) is 47.4 Å². The normalized spacial score (nSPS) is 11.7. The standard InChI is InChI=1S/C23H46O10/c1-3-4-5-25-8-9-27-12-13-29-16-17-31-20-21-33-23-22-32-19-18-30-15-14-28-11-10-26-7-6-24-2/h3-4H,5-23H2,1-2H3. The van der Waals surface area contributed by atoms with Crippen molar-refractivity contribution < 1.29 is 47.4 Å². The fraction of sp³-hybridized carbons (Fsp3) is 0.913. The van der Waals surface area contributed by atoms with E-state index in [1.807, 2.05) is 19.1 Å². The third kappa shape index (κ3) is 31.3. The Labute approximate surface area is 199 Å². The molecular weight excluding hydrogens is 436 g/mol. The minimum absolute atomic E-state index is 0.530. The quantitative estimate of drug-likeness (QED) is 0.115. The van der Waals surface area contributed by atoms with E-state index in [0.717, 1.165) is 0 Å². The average Bonchev–Trinajstić information content (AvgIpc) is 2.83. The van der Waals surface area contributed by atoms with Crippen LogP contribution in [-0.4, -0.2) is 133 Å². The number of hydrogen-bond acceptors (Lipinski definition) is 10. The van der Waals surface area contributed by atoms with Crippen molar-refractivity contribution in [1.29, 1.82) is 0 Å². The van der Waals surface area contributed by atoms with Crippen LogP contribution in [0.2, 0.25) is 0 Å². The van der Waals surface area contributed by atoms with Crippen LogP contribution in [0.25, 0.3) is 0 Å². The highest BCUT2D eigenvalue weighted by atomic mass is 16.6. The lowest BCUT2D eigenvalue weighted by Crippen LogP contribution is -2.15. The molecule has 0 unspecified atom stereocenters. The van der Waals surface area contributed by atoms with Crippen LogP contribution < -0.4 is 0 Å². The maximum Gasteiger partial charge on any atom is 0.0704 e. The average molecular weight is 483 g/mol. The van der Waals surface area contributed by atoms with Crippen LogP contribution in [0, 0.1) is 0 Å². The first kappa shape index (κ1) is 32.3. The molecule has 0 radical (unpaired) electrons. The van der Waals surface area contributed by atoms with Crippen molar-refractivity contribution in [2.24, 2.45) is 0 Å². The molecule has 0 amide bonds. The molecule has 10 nitrogen and oxygen atoms in total. The van der Waals surface area contributed by atoms with Gasteiger partial charge in [-0.2, -0.15) is 0 Å². The fourth-order valence-electron chi connectivity index (χ4n) is 2.15. The Bertz CT molecular complexity index is 371. The van der Waals surface area contributed by atoms with Gasteiger partial charge in [0, 0.05) is 7.11 Å². The second-order valence-corrected chi connectivity index (χ2v) is 6.54. The van der Waals surface area contributed by atoms with Crippen molar-refractivity contribution >= 4 is 0 Å². The summed E-state index contributed by atoms with van der Waals surface area (Å²) >= 11 is 0. The van der Waals surface area contributed by atoms with Gasteiger partial charge in [-0.25, -0.2) is 0 Å². The van der Waals surface area contributed by atoms with E-state index in [0.29, 0.717) is 126 Å². The van der Waals surface area contributed by atoms with Crippen molar-refractivity contribution in [3.63, 3.8) is 0 Å². The van der Waals surface area contributed by atoms with Gasteiger partial charge in [-0.3, -0.25) is 0 Å². The van der Waals surface area contributed by atoms with E-state index < -0.39 is 0 Å². The Morgan fingerprint density at radius 1 is 0.364 bits per heavy atom. The zero-order valence-corrected chi connectivity index (χ0v) is 20.7. The summed E-state index contributed by atoms with van der Waals surface area (Å²) < 4.78 is 53.4. The monoisotopic (exact) mass is 482 g/mol. The molecule has 0 atom stereocenters. The lowest BCUT2D eigenvalue weighted by Gasteiger charge is -2.08. The minimum Gasteiger partial charge on any atom is -0.382 e. The summed E-state index contributed by atoms with van der Waals surface area (Å²) in [5, 5.41) is 0. The topological polar surface area (TPSA) is 92.3 Å². The molecule has 0 aromatic heterocycles. The van der Waals surface area contributed by atoms with E-state index in [1.54, 1.807) is 7.11 Å². The molecule has 0 bridgehead atoms. The third-order valence-electron chi connectivity index (χ3n) is 3.86. The molecule has 0 aliphatic heterocycles. The highest BCUT2D eigenvalue weighted by Gasteiger charge is 1.95. The van der Waals surface area contributed by atoms with E-state index in [2.05, 4.69) is 0 Å². The Kier molecular flexibility index (Phi) is 30.7. The molecule has 33 heavy (non-hydrogen) atoms. The Morgan fingerprint density at radius 3 is 0.848 bits per heavy atom. The van der Waals surface area contributed by atoms with Crippen LogP contribution in [0.1, 0.15) is 6.92 Å². The van der Waals surface area contributed by atoms with Gasteiger partial charge in [0.2, 0.25) is 0 Å². The Morgan fingerprint density at radius 2 is 0.606 bits per heavy atom. The molecule has 0 aromatic rings. The van der Waals surface area contributed by atoms with Gasteiger partial charge in [-0.05, 0) is 6.92 Å². The second-order valence-electron chi connectivity index (χ2n) is 6.54. The maximum absolute atomic E-state index is 5.44. The highest BCUT2D eigenvalue weighted by Crippen LogP contribution is 1.86.